The fourth-order valence-electron chi connectivity index (χ4n) is 1.18. The number of benzene rings is 1. The predicted octanol–water partition coefficient (Wildman–Crippen LogP) is 2.43. The summed E-state index contributed by atoms with van der Waals surface area (Å²) in [5.41, 5.74) is 6.27. The molecule has 0 aliphatic carbocycles. The maximum atomic E-state index is 12.8. The number of anilines is 1. The molecule has 13 heavy (non-hydrogen) atoms. The zero-order valence-corrected chi connectivity index (χ0v) is 7.42. The summed E-state index contributed by atoms with van der Waals surface area (Å²) in [6, 6.07) is 6.55. The van der Waals surface area contributed by atoms with Crippen LogP contribution in [-0.2, 0) is 0 Å². The number of halogens is 1. The van der Waals surface area contributed by atoms with Gasteiger partial charge in [-0.3, -0.25) is 0 Å². The van der Waals surface area contributed by atoms with Gasteiger partial charge in [0.15, 0.2) is 0 Å². The highest BCUT2D eigenvalue weighted by atomic mass is 19.1. The van der Waals surface area contributed by atoms with E-state index in [0.717, 1.165) is 5.56 Å². The monoisotopic (exact) mass is 178 g/mol. The molecule has 0 saturated heterocycles. The topological polar surface area (TPSA) is 49.8 Å². The summed E-state index contributed by atoms with van der Waals surface area (Å²) >= 11 is 0. The molecule has 1 aromatic carbocycles. The Labute approximate surface area is 76.8 Å². The van der Waals surface area contributed by atoms with Gasteiger partial charge in [-0.05, 0) is 24.1 Å². The molecule has 2 nitrogen and oxygen atoms in total. The number of hydrogen-bond donors (Lipinski definition) is 1. The summed E-state index contributed by atoms with van der Waals surface area (Å²) in [5, 5.41) is 8.76. The average molecular weight is 178 g/mol. The van der Waals surface area contributed by atoms with E-state index in [9.17, 15) is 4.39 Å². The van der Waals surface area contributed by atoms with Crippen LogP contribution in [0.2, 0.25) is 0 Å². The van der Waals surface area contributed by atoms with Gasteiger partial charge in [-0.15, -0.1) is 0 Å². The standard InChI is InChI=1S/C10H11FN2/c1-2-7(6-12)8-3-4-9(11)10(13)5-8/h3-5,7H,2,13H2,1H3. The molecule has 1 rings (SSSR count). The van der Waals surface area contributed by atoms with Gasteiger partial charge >= 0.3 is 0 Å². The highest BCUT2D eigenvalue weighted by Gasteiger charge is 2.09. The van der Waals surface area contributed by atoms with Crippen LogP contribution in [0.3, 0.4) is 0 Å². The Morgan fingerprint density at radius 1 is 1.62 bits per heavy atom. The highest BCUT2D eigenvalue weighted by molar-refractivity contribution is 5.44. The van der Waals surface area contributed by atoms with Crippen LogP contribution in [0.5, 0.6) is 0 Å². The van der Waals surface area contributed by atoms with Crippen LogP contribution in [0.4, 0.5) is 10.1 Å². The molecule has 0 spiro atoms. The zero-order valence-electron chi connectivity index (χ0n) is 7.42. The minimum atomic E-state index is -0.434. The summed E-state index contributed by atoms with van der Waals surface area (Å²) < 4.78 is 12.8. The van der Waals surface area contributed by atoms with Crippen LogP contribution >= 0.6 is 0 Å². The number of rotatable bonds is 2. The van der Waals surface area contributed by atoms with Crippen LogP contribution in [-0.4, -0.2) is 0 Å². The molecule has 0 bridgehead atoms. The minimum Gasteiger partial charge on any atom is -0.396 e. The van der Waals surface area contributed by atoms with E-state index in [4.69, 9.17) is 11.0 Å². The van der Waals surface area contributed by atoms with Gasteiger partial charge in [0.25, 0.3) is 0 Å². The van der Waals surface area contributed by atoms with E-state index >= 15 is 0 Å². The molecular formula is C10H11FN2. The lowest BCUT2D eigenvalue weighted by molar-refractivity contribution is 0.631. The number of nitrogens with zero attached hydrogens (tertiary/aromatic N) is 1. The van der Waals surface area contributed by atoms with Crippen molar-refractivity contribution in [3.05, 3.63) is 29.6 Å². The van der Waals surface area contributed by atoms with Crippen LogP contribution in [0.15, 0.2) is 18.2 Å². The third kappa shape index (κ3) is 1.97. The molecule has 0 heterocycles. The smallest absolute Gasteiger partial charge is 0.146 e. The molecule has 0 fully saturated rings. The number of nitrogens with two attached hydrogens (primary N) is 1. The average Bonchev–Trinajstić information content (AvgIpc) is 2.13. The summed E-state index contributed by atoms with van der Waals surface area (Å²) in [6.45, 7) is 1.91. The number of nitriles is 1. The van der Waals surface area contributed by atoms with Crippen molar-refractivity contribution >= 4 is 5.69 Å². The van der Waals surface area contributed by atoms with Crippen LogP contribution < -0.4 is 5.73 Å². The fraction of sp³-hybridized carbons (Fsp3) is 0.300. The van der Waals surface area contributed by atoms with Crippen LogP contribution in [0.1, 0.15) is 24.8 Å². The van der Waals surface area contributed by atoms with Crippen molar-refractivity contribution in [1.29, 1.82) is 5.26 Å². The molecule has 0 aromatic heterocycles. The van der Waals surface area contributed by atoms with Gasteiger partial charge in [-0.25, -0.2) is 4.39 Å². The van der Waals surface area contributed by atoms with E-state index in [2.05, 4.69) is 6.07 Å². The van der Waals surface area contributed by atoms with E-state index in [0.29, 0.717) is 6.42 Å². The van der Waals surface area contributed by atoms with Crippen molar-refractivity contribution in [2.24, 2.45) is 0 Å². The molecule has 0 radical (unpaired) electrons. The fourth-order valence-corrected chi connectivity index (χ4v) is 1.18. The van der Waals surface area contributed by atoms with Gasteiger partial charge in [-0.2, -0.15) is 5.26 Å². The third-order valence-electron chi connectivity index (χ3n) is 1.99. The van der Waals surface area contributed by atoms with Crippen LogP contribution in [0, 0.1) is 17.1 Å². The van der Waals surface area contributed by atoms with E-state index in [1.165, 1.54) is 12.1 Å². The molecular weight excluding hydrogens is 167 g/mol. The molecule has 68 valence electrons. The Kier molecular flexibility index (Phi) is 2.86. The van der Waals surface area contributed by atoms with E-state index in [-0.39, 0.29) is 11.6 Å². The van der Waals surface area contributed by atoms with Crippen molar-refractivity contribution in [2.45, 2.75) is 19.3 Å². The zero-order chi connectivity index (χ0) is 9.84. The van der Waals surface area contributed by atoms with Gasteiger partial charge in [0.2, 0.25) is 0 Å². The van der Waals surface area contributed by atoms with Crippen LogP contribution in [0.25, 0.3) is 0 Å². The van der Waals surface area contributed by atoms with Crippen molar-refractivity contribution in [1.82, 2.24) is 0 Å². The summed E-state index contributed by atoms with van der Waals surface area (Å²) in [6.07, 6.45) is 0.710. The Bertz CT molecular complexity index is 341. The second kappa shape index (κ2) is 3.90. The molecule has 0 amide bonds. The molecule has 0 saturated carbocycles. The van der Waals surface area contributed by atoms with E-state index in [1.54, 1.807) is 6.07 Å². The molecule has 1 aromatic rings. The highest BCUT2D eigenvalue weighted by Crippen LogP contribution is 2.22. The molecule has 1 unspecified atom stereocenters. The second-order valence-corrected chi connectivity index (χ2v) is 2.87. The van der Waals surface area contributed by atoms with Crippen molar-refractivity contribution in [2.75, 3.05) is 5.73 Å². The molecule has 0 aliphatic rings. The van der Waals surface area contributed by atoms with Gasteiger partial charge in [0.05, 0.1) is 17.7 Å². The Morgan fingerprint density at radius 2 is 2.31 bits per heavy atom. The third-order valence-corrected chi connectivity index (χ3v) is 1.99. The summed E-state index contributed by atoms with van der Waals surface area (Å²) in [4.78, 5) is 0. The van der Waals surface area contributed by atoms with E-state index < -0.39 is 5.82 Å². The first kappa shape index (κ1) is 9.53. The molecule has 0 aliphatic heterocycles. The van der Waals surface area contributed by atoms with Gasteiger partial charge in [0.1, 0.15) is 5.82 Å². The van der Waals surface area contributed by atoms with Crippen molar-refractivity contribution in [3.8, 4) is 6.07 Å². The first-order valence-electron chi connectivity index (χ1n) is 4.13. The van der Waals surface area contributed by atoms with Crippen molar-refractivity contribution in [3.63, 3.8) is 0 Å². The second-order valence-electron chi connectivity index (χ2n) is 2.87. The normalized spacial score (nSPS) is 12.1. The quantitative estimate of drug-likeness (QED) is 0.707. The van der Waals surface area contributed by atoms with Gasteiger partial charge < -0.3 is 5.73 Å². The lowest BCUT2D eigenvalue weighted by Gasteiger charge is -2.06. The Hall–Kier alpha value is -1.56. The lowest BCUT2D eigenvalue weighted by atomic mass is 9.98. The maximum absolute atomic E-state index is 12.8. The van der Waals surface area contributed by atoms with E-state index in [1.807, 2.05) is 6.92 Å². The Morgan fingerprint density at radius 3 is 2.77 bits per heavy atom. The van der Waals surface area contributed by atoms with Gasteiger partial charge in [0, 0.05) is 0 Å². The predicted molar refractivity (Wildman–Crippen MR) is 49.5 cm³/mol. The van der Waals surface area contributed by atoms with Gasteiger partial charge in [-0.1, -0.05) is 13.0 Å². The first-order chi connectivity index (χ1) is 6.19. The number of hydrogen-bond acceptors (Lipinski definition) is 2. The Balaban J connectivity index is 3.04. The SMILES string of the molecule is CCC(C#N)c1ccc(F)c(N)c1. The molecule has 1 atom stereocenters. The molecule has 2 N–H and O–H groups in total. The lowest BCUT2D eigenvalue weighted by Crippen LogP contribution is -1.97. The first-order valence-corrected chi connectivity index (χ1v) is 4.13. The maximum Gasteiger partial charge on any atom is 0.146 e. The molecule has 3 heteroatoms. The summed E-state index contributed by atoms with van der Waals surface area (Å²) in [5.74, 6) is -0.626. The summed E-state index contributed by atoms with van der Waals surface area (Å²) in [7, 11) is 0. The van der Waals surface area contributed by atoms with Crippen molar-refractivity contribution < 1.29 is 4.39 Å². The largest absolute Gasteiger partial charge is 0.396 e. The minimum absolute atomic E-state index is 0.103. The number of nitrogen functional groups attached to an aromatic ring is 1.